The van der Waals surface area contributed by atoms with Gasteiger partial charge in [0.25, 0.3) is 0 Å². The van der Waals surface area contributed by atoms with E-state index >= 15 is 0 Å². The minimum absolute atomic E-state index is 0. The first-order valence-corrected chi connectivity index (χ1v) is 9.87. The SMILES string of the molecule is CNC(C)CC12CC3CC(CC(C3)C1C1CCCCC1)C2.Cl. The summed E-state index contributed by atoms with van der Waals surface area (Å²) in [5.74, 6) is 5.51. The molecule has 0 saturated heterocycles. The van der Waals surface area contributed by atoms with E-state index in [0.717, 1.165) is 35.0 Å². The molecule has 1 nitrogen and oxygen atoms in total. The summed E-state index contributed by atoms with van der Waals surface area (Å²) in [6.45, 7) is 2.43. The second kappa shape index (κ2) is 6.63. The summed E-state index contributed by atoms with van der Waals surface area (Å²) in [6.07, 6.45) is 17.1. The van der Waals surface area contributed by atoms with Gasteiger partial charge in [-0.3, -0.25) is 0 Å². The van der Waals surface area contributed by atoms with Crippen molar-refractivity contribution in [3.63, 3.8) is 0 Å². The first-order chi connectivity index (χ1) is 10.2. The highest BCUT2D eigenvalue weighted by Crippen LogP contribution is 2.67. The topological polar surface area (TPSA) is 12.0 Å². The smallest absolute Gasteiger partial charge is 0.00411 e. The average molecular weight is 326 g/mol. The van der Waals surface area contributed by atoms with Crippen LogP contribution in [0.2, 0.25) is 0 Å². The third-order valence-electron chi connectivity index (χ3n) is 7.91. The number of rotatable bonds is 4. The van der Waals surface area contributed by atoms with E-state index in [9.17, 15) is 0 Å². The molecule has 0 amide bonds. The van der Waals surface area contributed by atoms with Crippen molar-refractivity contribution in [3.8, 4) is 0 Å². The van der Waals surface area contributed by atoms with Crippen LogP contribution in [-0.4, -0.2) is 13.1 Å². The zero-order chi connectivity index (χ0) is 14.4. The molecular formula is C20H36ClN. The van der Waals surface area contributed by atoms with Crippen LogP contribution in [0.4, 0.5) is 0 Å². The fraction of sp³-hybridized carbons (Fsp3) is 1.00. The van der Waals surface area contributed by atoms with Crippen molar-refractivity contribution < 1.29 is 0 Å². The van der Waals surface area contributed by atoms with Gasteiger partial charge in [0.15, 0.2) is 0 Å². The van der Waals surface area contributed by atoms with E-state index in [-0.39, 0.29) is 12.4 Å². The number of hydrogen-bond donors (Lipinski definition) is 1. The number of halogens is 1. The van der Waals surface area contributed by atoms with Crippen molar-refractivity contribution in [2.75, 3.05) is 7.05 Å². The van der Waals surface area contributed by atoms with Gasteiger partial charge >= 0.3 is 0 Å². The molecule has 5 rings (SSSR count). The van der Waals surface area contributed by atoms with Gasteiger partial charge in [0.05, 0.1) is 0 Å². The van der Waals surface area contributed by atoms with Gasteiger partial charge in [-0.25, -0.2) is 0 Å². The van der Waals surface area contributed by atoms with Crippen LogP contribution in [-0.2, 0) is 0 Å². The molecule has 5 fully saturated rings. The van der Waals surface area contributed by atoms with Crippen LogP contribution >= 0.6 is 12.4 Å². The molecule has 5 aliphatic rings. The molecular weight excluding hydrogens is 290 g/mol. The summed E-state index contributed by atoms with van der Waals surface area (Å²) in [6, 6.07) is 0.715. The molecule has 0 aromatic rings. The molecule has 1 N–H and O–H groups in total. The van der Waals surface area contributed by atoms with E-state index in [1.165, 1.54) is 25.7 Å². The maximum atomic E-state index is 3.56. The van der Waals surface area contributed by atoms with Crippen LogP contribution in [0.15, 0.2) is 0 Å². The highest BCUT2D eigenvalue weighted by atomic mass is 35.5. The minimum atomic E-state index is 0. The lowest BCUT2D eigenvalue weighted by molar-refractivity contribution is -0.142. The zero-order valence-corrected chi connectivity index (χ0v) is 15.5. The lowest BCUT2D eigenvalue weighted by Crippen LogP contribution is -2.56. The Balaban J connectivity index is 0.00000144. The Morgan fingerprint density at radius 2 is 1.59 bits per heavy atom. The summed E-state index contributed by atoms with van der Waals surface area (Å²) in [7, 11) is 2.17. The molecule has 4 unspecified atom stereocenters. The molecule has 5 saturated carbocycles. The highest BCUT2D eigenvalue weighted by molar-refractivity contribution is 5.85. The fourth-order valence-corrected chi connectivity index (χ4v) is 7.64. The van der Waals surface area contributed by atoms with Crippen molar-refractivity contribution in [2.24, 2.45) is 35.0 Å². The second-order valence-electron chi connectivity index (χ2n) is 9.29. The third kappa shape index (κ3) is 2.86. The summed E-state index contributed by atoms with van der Waals surface area (Å²) in [4.78, 5) is 0. The summed E-state index contributed by atoms with van der Waals surface area (Å²) in [5, 5.41) is 3.56. The third-order valence-corrected chi connectivity index (χ3v) is 7.91. The van der Waals surface area contributed by atoms with Crippen molar-refractivity contribution in [1.29, 1.82) is 0 Å². The Hall–Kier alpha value is 0.250. The van der Waals surface area contributed by atoms with Crippen LogP contribution < -0.4 is 5.32 Å². The molecule has 22 heavy (non-hydrogen) atoms. The molecule has 0 aliphatic heterocycles. The van der Waals surface area contributed by atoms with Crippen LogP contribution in [0.25, 0.3) is 0 Å². The zero-order valence-electron chi connectivity index (χ0n) is 14.7. The maximum absolute atomic E-state index is 3.56. The monoisotopic (exact) mass is 325 g/mol. The van der Waals surface area contributed by atoms with Crippen LogP contribution in [0.5, 0.6) is 0 Å². The Bertz CT molecular complexity index is 360. The Morgan fingerprint density at radius 1 is 0.955 bits per heavy atom. The van der Waals surface area contributed by atoms with Crippen molar-refractivity contribution in [3.05, 3.63) is 0 Å². The average Bonchev–Trinajstić information content (AvgIpc) is 2.46. The lowest BCUT2D eigenvalue weighted by Gasteiger charge is -2.64. The molecule has 0 heterocycles. The Morgan fingerprint density at radius 3 is 2.18 bits per heavy atom. The van der Waals surface area contributed by atoms with Crippen molar-refractivity contribution in [1.82, 2.24) is 5.32 Å². The van der Waals surface area contributed by atoms with Gasteiger partial charge in [0.1, 0.15) is 0 Å². The quantitative estimate of drug-likeness (QED) is 0.726. The normalized spacial score (nSPS) is 45.5. The molecule has 2 heteroatoms. The van der Waals surface area contributed by atoms with Gasteiger partial charge in [0.2, 0.25) is 0 Å². The standard InChI is InChI=1S/C20H35N.ClH/c1-14(21-2)11-20-12-15-8-16(13-20)10-18(9-15)19(20)17-6-4-3-5-7-17;/h14-19,21H,3-13H2,1-2H3;1H. The van der Waals surface area contributed by atoms with Crippen molar-refractivity contribution in [2.45, 2.75) is 83.6 Å². The molecule has 0 spiro atoms. The van der Waals surface area contributed by atoms with E-state index in [0.29, 0.717) is 6.04 Å². The van der Waals surface area contributed by atoms with Gasteiger partial charge in [0, 0.05) is 6.04 Å². The minimum Gasteiger partial charge on any atom is -0.317 e. The fourth-order valence-electron chi connectivity index (χ4n) is 7.64. The van der Waals surface area contributed by atoms with Gasteiger partial charge in [-0.15, -0.1) is 12.4 Å². The van der Waals surface area contributed by atoms with Crippen LogP contribution in [0.1, 0.15) is 77.6 Å². The number of hydrogen-bond acceptors (Lipinski definition) is 1. The molecule has 128 valence electrons. The summed E-state index contributed by atoms with van der Waals surface area (Å²) >= 11 is 0. The molecule has 4 atom stereocenters. The van der Waals surface area contributed by atoms with Gasteiger partial charge in [-0.2, -0.15) is 0 Å². The van der Waals surface area contributed by atoms with Gasteiger partial charge in [-0.1, -0.05) is 32.1 Å². The predicted octanol–water partition coefficient (Wildman–Crippen LogP) is 5.43. The molecule has 0 radical (unpaired) electrons. The van der Waals surface area contributed by atoms with Crippen LogP contribution in [0.3, 0.4) is 0 Å². The Labute approximate surface area is 143 Å². The Kier molecular flexibility index (Phi) is 5.15. The first-order valence-electron chi connectivity index (χ1n) is 9.87. The highest BCUT2D eigenvalue weighted by Gasteiger charge is 2.58. The van der Waals surface area contributed by atoms with Gasteiger partial charge < -0.3 is 5.32 Å². The molecule has 0 aromatic heterocycles. The molecule has 0 aromatic carbocycles. The largest absolute Gasteiger partial charge is 0.317 e. The lowest BCUT2D eigenvalue weighted by atomic mass is 9.41. The van der Waals surface area contributed by atoms with Gasteiger partial charge in [-0.05, 0) is 87.5 Å². The number of nitrogens with one attached hydrogen (secondary N) is 1. The second-order valence-corrected chi connectivity index (χ2v) is 9.29. The van der Waals surface area contributed by atoms with Crippen molar-refractivity contribution >= 4 is 12.4 Å². The predicted molar refractivity (Wildman–Crippen MR) is 96.4 cm³/mol. The molecule has 4 bridgehead atoms. The van der Waals surface area contributed by atoms with E-state index < -0.39 is 0 Å². The van der Waals surface area contributed by atoms with Crippen LogP contribution in [0, 0.1) is 35.0 Å². The summed E-state index contributed by atoms with van der Waals surface area (Å²) in [5.41, 5.74) is 0.735. The maximum Gasteiger partial charge on any atom is 0.00411 e. The van der Waals surface area contributed by atoms with E-state index in [2.05, 4.69) is 19.3 Å². The van der Waals surface area contributed by atoms with E-state index in [4.69, 9.17) is 0 Å². The van der Waals surface area contributed by atoms with E-state index in [1.54, 1.807) is 44.9 Å². The summed E-state index contributed by atoms with van der Waals surface area (Å²) < 4.78 is 0. The first kappa shape index (κ1) is 17.1. The van der Waals surface area contributed by atoms with E-state index in [1.807, 2.05) is 0 Å². The molecule has 5 aliphatic carbocycles.